The molecule has 3 amide bonds. The largest absolute Gasteiger partial charge is 0.483 e. The molecule has 2 rings (SSSR count). The summed E-state index contributed by atoms with van der Waals surface area (Å²) in [5.41, 5.74) is 0.451. The maximum atomic E-state index is 12.6. The lowest BCUT2D eigenvalue weighted by molar-refractivity contribution is -0.121. The number of nitrogens with zero attached hydrogens (tertiary/aromatic N) is 5. The fourth-order valence-electron chi connectivity index (χ4n) is 2.87. The van der Waals surface area contributed by atoms with Crippen LogP contribution in [0.3, 0.4) is 0 Å². The highest BCUT2D eigenvalue weighted by Gasteiger charge is 2.33. The number of carbonyl (C=O) groups excluding carboxylic acids is 3. The van der Waals surface area contributed by atoms with Gasteiger partial charge in [0.25, 0.3) is 5.91 Å². The lowest BCUT2D eigenvalue weighted by Crippen LogP contribution is -2.35. The number of carbonyl (C=O) groups is 3. The van der Waals surface area contributed by atoms with Gasteiger partial charge >= 0.3 is 12.2 Å². The molecule has 0 aliphatic carbocycles. The van der Waals surface area contributed by atoms with Crippen LogP contribution in [0.25, 0.3) is 0 Å². The summed E-state index contributed by atoms with van der Waals surface area (Å²) in [4.78, 5) is 47.9. The van der Waals surface area contributed by atoms with Crippen LogP contribution in [0.15, 0.2) is 28.5 Å². The molecule has 34 heavy (non-hydrogen) atoms. The summed E-state index contributed by atoms with van der Waals surface area (Å²) in [5, 5.41) is 7.26. The van der Waals surface area contributed by atoms with Crippen LogP contribution in [0.5, 0.6) is 11.5 Å². The van der Waals surface area contributed by atoms with Crippen LogP contribution in [-0.4, -0.2) is 83.9 Å². The third-order valence-corrected chi connectivity index (χ3v) is 5.19. The second-order valence-electron chi connectivity index (χ2n) is 8.08. The molecule has 0 aromatic heterocycles. The van der Waals surface area contributed by atoms with Crippen molar-refractivity contribution >= 4 is 41.7 Å². The van der Waals surface area contributed by atoms with Gasteiger partial charge in [-0.3, -0.25) is 9.63 Å². The van der Waals surface area contributed by atoms with E-state index in [0.717, 1.165) is 14.2 Å². The summed E-state index contributed by atoms with van der Waals surface area (Å²) < 4.78 is 13.5. The average Bonchev–Trinajstić information content (AvgIpc) is 3.08. The smallest absolute Gasteiger partial charge is 0.447 e. The van der Waals surface area contributed by atoms with Gasteiger partial charge in [-0.05, 0) is 26.8 Å². The number of benzene rings is 1. The first-order valence-corrected chi connectivity index (χ1v) is 10.9. The van der Waals surface area contributed by atoms with E-state index in [0.29, 0.717) is 24.3 Å². The topological polar surface area (TPSA) is 123 Å². The summed E-state index contributed by atoms with van der Waals surface area (Å²) in [6, 6.07) is 5.33. The van der Waals surface area contributed by atoms with Gasteiger partial charge in [0.1, 0.15) is 18.4 Å². The third-order valence-electron chi connectivity index (χ3n) is 4.41. The van der Waals surface area contributed by atoms with Gasteiger partial charge in [0.05, 0.1) is 12.1 Å². The Hall–Kier alpha value is -3.48. The van der Waals surface area contributed by atoms with E-state index in [1.165, 1.54) is 47.1 Å². The molecule has 0 fully saturated rings. The van der Waals surface area contributed by atoms with Crippen molar-refractivity contribution in [1.82, 2.24) is 13.5 Å². The lowest BCUT2D eigenvalue weighted by atomic mass is 10.0. The minimum absolute atomic E-state index is 0.116. The van der Waals surface area contributed by atoms with Gasteiger partial charge in [-0.1, -0.05) is 22.4 Å². The van der Waals surface area contributed by atoms with Gasteiger partial charge in [0, 0.05) is 40.2 Å². The predicted molar refractivity (Wildman–Crippen MR) is 127 cm³/mol. The summed E-state index contributed by atoms with van der Waals surface area (Å²) in [5.74, 6) is 0.269. The summed E-state index contributed by atoms with van der Waals surface area (Å²) in [6.07, 6.45) is -0.980. The molecule has 0 N–H and O–H groups in total. The number of oxime groups is 2. The van der Waals surface area contributed by atoms with Crippen molar-refractivity contribution in [1.29, 1.82) is 0 Å². The van der Waals surface area contributed by atoms with Gasteiger partial charge in [0.2, 0.25) is 0 Å². The van der Waals surface area contributed by atoms with Crippen molar-refractivity contribution in [2.45, 2.75) is 32.8 Å². The Balaban J connectivity index is 2.02. The molecule has 0 atom stereocenters. The first-order valence-electron chi connectivity index (χ1n) is 10.1. The average molecular weight is 496 g/mol. The summed E-state index contributed by atoms with van der Waals surface area (Å²) >= 11 is 0.710. The highest BCUT2D eigenvalue weighted by atomic mass is 32.2. The van der Waals surface area contributed by atoms with Crippen LogP contribution in [-0.2, 0) is 20.9 Å². The van der Waals surface area contributed by atoms with E-state index >= 15 is 0 Å². The number of amides is 3. The van der Waals surface area contributed by atoms with Gasteiger partial charge in [-0.2, -0.15) is 0 Å². The zero-order valence-corrected chi connectivity index (χ0v) is 21.3. The number of hydrogen-bond donors (Lipinski definition) is 0. The molecule has 0 bridgehead atoms. The van der Waals surface area contributed by atoms with Gasteiger partial charge in [-0.15, -0.1) is 0 Å². The number of ether oxygens (including phenoxy) is 2. The first-order chi connectivity index (χ1) is 15.9. The van der Waals surface area contributed by atoms with Crippen LogP contribution in [0.1, 0.15) is 26.3 Å². The van der Waals surface area contributed by atoms with Crippen molar-refractivity contribution < 1.29 is 33.5 Å². The fourth-order valence-corrected chi connectivity index (χ4v) is 3.44. The molecule has 13 heteroatoms. The normalized spacial score (nSPS) is 14.5. The number of rotatable bonds is 7. The zero-order valence-electron chi connectivity index (χ0n) is 20.4. The lowest BCUT2D eigenvalue weighted by Gasteiger charge is -2.21. The maximum Gasteiger partial charge on any atom is 0.447 e. The molecule has 12 nitrogen and oxygen atoms in total. The van der Waals surface area contributed by atoms with Crippen LogP contribution in [0, 0.1) is 0 Å². The van der Waals surface area contributed by atoms with Crippen LogP contribution >= 0.6 is 12.1 Å². The Morgan fingerprint density at radius 2 is 1.71 bits per heavy atom. The van der Waals surface area contributed by atoms with Crippen LogP contribution in [0.2, 0.25) is 0 Å². The SMILES string of the molecule is CO/N=C(C)/C(=N/OC(=O)N(C)SN(C)C(=O)Oc1cccc2c1OC(C)(C)C2)C(=O)N(C)C. The number of hydrogen-bond acceptors (Lipinski definition) is 10. The minimum Gasteiger partial charge on any atom is -0.483 e. The molecule has 0 saturated carbocycles. The van der Waals surface area contributed by atoms with E-state index in [-0.39, 0.29) is 17.2 Å². The number of para-hydroxylation sites is 1. The minimum atomic E-state index is -0.940. The molecule has 1 heterocycles. The van der Waals surface area contributed by atoms with Crippen molar-refractivity contribution in [3.8, 4) is 11.5 Å². The highest BCUT2D eigenvalue weighted by molar-refractivity contribution is 7.95. The first kappa shape index (κ1) is 26.8. The van der Waals surface area contributed by atoms with E-state index < -0.39 is 23.7 Å². The van der Waals surface area contributed by atoms with Gasteiger partial charge in [-0.25, -0.2) is 18.2 Å². The Labute approximate surface area is 202 Å². The molecule has 1 aliphatic heterocycles. The number of fused-ring (bicyclic) bond motifs is 1. The highest BCUT2D eigenvalue weighted by Crippen LogP contribution is 2.42. The molecule has 1 aliphatic rings. The molecule has 1 aromatic rings. The van der Waals surface area contributed by atoms with E-state index in [9.17, 15) is 14.4 Å². The molecule has 0 spiro atoms. The zero-order chi connectivity index (χ0) is 25.6. The van der Waals surface area contributed by atoms with E-state index in [1.54, 1.807) is 12.1 Å². The molecular weight excluding hydrogens is 466 g/mol. The Bertz CT molecular complexity index is 1010. The van der Waals surface area contributed by atoms with Crippen molar-refractivity contribution in [2.24, 2.45) is 10.3 Å². The molecule has 0 saturated heterocycles. The Morgan fingerprint density at radius 1 is 1.06 bits per heavy atom. The Morgan fingerprint density at radius 3 is 2.32 bits per heavy atom. The van der Waals surface area contributed by atoms with E-state index in [4.69, 9.17) is 14.3 Å². The van der Waals surface area contributed by atoms with Gasteiger partial charge < -0.3 is 19.2 Å². The molecular formula is C21H29N5O7S. The standard InChI is InChI=1S/C21H29N5O7S/c1-13(22-30-8)16(18(27)24(4)5)23-33-20(29)26(7)34-25(6)19(28)31-15-11-9-10-14-12-21(2,3)32-17(14)15/h9-11H,12H2,1-8H3/b22-13+,23-16-. The Kier molecular flexibility index (Phi) is 8.74. The van der Waals surface area contributed by atoms with Crippen molar-refractivity contribution in [2.75, 3.05) is 35.3 Å². The monoisotopic (exact) mass is 495 g/mol. The predicted octanol–water partition coefficient (Wildman–Crippen LogP) is 2.93. The quantitative estimate of drug-likeness (QED) is 0.245. The van der Waals surface area contributed by atoms with Crippen LogP contribution in [0.4, 0.5) is 9.59 Å². The van der Waals surface area contributed by atoms with E-state index in [2.05, 4.69) is 15.1 Å². The van der Waals surface area contributed by atoms with Gasteiger partial charge in [0.15, 0.2) is 17.2 Å². The molecule has 186 valence electrons. The maximum absolute atomic E-state index is 12.6. The van der Waals surface area contributed by atoms with Crippen LogP contribution < -0.4 is 9.47 Å². The third kappa shape index (κ3) is 6.76. The second-order valence-corrected chi connectivity index (χ2v) is 9.34. The van der Waals surface area contributed by atoms with Crippen molar-refractivity contribution in [3.63, 3.8) is 0 Å². The molecule has 1 aromatic carbocycles. The second kappa shape index (κ2) is 11.1. The van der Waals surface area contributed by atoms with Crippen molar-refractivity contribution in [3.05, 3.63) is 23.8 Å². The summed E-state index contributed by atoms with van der Waals surface area (Å²) in [7, 11) is 7.11. The summed E-state index contributed by atoms with van der Waals surface area (Å²) in [6.45, 7) is 5.37. The van der Waals surface area contributed by atoms with E-state index in [1.807, 2.05) is 19.9 Å². The fraction of sp³-hybridized carbons (Fsp3) is 0.476. The molecule has 0 unspecified atom stereocenters. The molecule has 0 radical (unpaired) electrons.